The first-order valence-electron chi connectivity index (χ1n) is 5.84. The zero-order valence-electron chi connectivity index (χ0n) is 10.9. The molecule has 0 amide bonds. The van der Waals surface area contributed by atoms with Crippen molar-refractivity contribution in [2.24, 2.45) is 0 Å². The van der Waals surface area contributed by atoms with Gasteiger partial charge in [-0.2, -0.15) is 0 Å². The van der Waals surface area contributed by atoms with Crippen molar-refractivity contribution in [3.63, 3.8) is 0 Å². The second-order valence-electron chi connectivity index (χ2n) is 4.57. The van der Waals surface area contributed by atoms with Gasteiger partial charge in [0, 0.05) is 11.1 Å². The average molecular weight is 311 g/mol. The third-order valence-electron chi connectivity index (χ3n) is 3.00. The van der Waals surface area contributed by atoms with Crippen LogP contribution in [0.1, 0.15) is 27.0 Å². The summed E-state index contributed by atoms with van der Waals surface area (Å²) in [4.78, 5) is 12.6. The van der Waals surface area contributed by atoms with Crippen molar-refractivity contribution >= 4 is 29.0 Å². The highest BCUT2D eigenvalue weighted by Crippen LogP contribution is 2.32. The Kier molecular flexibility index (Phi) is 3.93. The maximum absolute atomic E-state index is 12.6. The molecule has 0 saturated heterocycles. The normalized spacial score (nSPS) is 10.6. The summed E-state index contributed by atoms with van der Waals surface area (Å²) < 4.78 is 0. The largest absolute Gasteiger partial charge is 0.508 e. The zero-order chi connectivity index (χ0) is 15.0. The molecule has 2 rings (SSSR count). The topological polar surface area (TPSA) is 57.5 Å². The Hall–Kier alpha value is -1.71. The van der Waals surface area contributed by atoms with Crippen LogP contribution >= 0.6 is 23.2 Å². The minimum Gasteiger partial charge on any atom is -0.508 e. The van der Waals surface area contributed by atoms with Gasteiger partial charge in [0.1, 0.15) is 11.5 Å². The van der Waals surface area contributed by atoms with E-state index in [-0.39, 0.29) is 27.3 Å². The number of ketones is 1. The molecule has 2 N–H and O–H groups in total. The van der Waals surface area contributed by atoms with Gasteiger partial charge in [-0.15, -0.1) is 0 Å². The van der Waals surface area contributed by atoms with E-state index in [0.717, 1.165) is 0 Å². The van der Waals surface area contributed by atoms with Crippen LogP contribution in [0.4, 0.5) is 0 Å². The summed E-state index contributed by atoms with van der Waals surface area (Å²) in [7, 11) is 0. The summed E-state index contributed by atoms with van der Waals surface area (Å²) in [6.45, 7) is 3.37. The first-order chi connectivity index (χ1) is 9.31. The van der Waals surface area contributed by atoms with Crippen LogP contribution in [-0.4, -0.2) is 16.0 Å². The summed E-state index contributed by atoms with van der Waals surface area (Å²) in [5.41, 5.74) is 1.70. The first kappa shape index (κ1) is 14.7. The highest BCUT2D eigenvalue weighted by atomic mass is 35.5. The fourth-order valence-corrected chi connectivity index (χ4v) is 2.85. The Bertz CT molecular complexity index is 603. The molecule has 0 saturated carbocycles. The second-order valence-corrected chi connectivity index (χ2v) is 5.38. The fourth-order valence-electron chi connectivity index (χ4n) is 2.15. The second kappa shape index (κ2) is 5.35. The molecule has 0 aliphatic rings. The lowest BCUT2D eigenvalue weighted by Crippen LogP contribution is -2.07. The molecule has 0 aliphatic heterocycles. The molecule has 0 radical (unpaired) electrons. The maximum Gasteiger partial charge on any atom is 0.196 e. The van der Waals surface area contributed by atoms with Crippen molar-refractivity contribution in [1.29, 1.82) is 0 Å². The molecule has 0 aromatic heterocycles. The molecule has 0 heterocycles. The third-order valence-corrected chi connectivity index (χ3v) is 3.59. The Balaban J connectivity index is 2.64. The minimum atomic E-state index is -0.338. The van der Waals surface area contributed by atoms with Crippen LogP contribution in [0.5, 0.6) is 11.5 Å². The number of aromatic hydroxyl groups is 2. The van der Waals surface area contributed by atoms with E-state index >= 15 is 0 Å². The van der Waals surface area contributed by atoms with Gasteiger partial charge in [-0.05, 0) is 49.2 Å². The van der Waals surface area contributed by atoms with Crippen LogP contribution < -0.4 is 0 Å². The minimum absolute atomic E-state index is 0.00225. The third kappa shape index (κ3) is 2.60. The van der Waals surface area contributed by atoms with E-state index in [1.165, 1.54) is 24.3 Å². The maximum atomic E-state index is 12.6. The number of phenolic OH excluding ortho intramolecular Hbond substituents is 2. The Morgan fingerprint density at radius 2 is 1.20 bits per heavy atom. The smallest absolute Gasteiger partial charge is 0.196 e. The predicted molar refractivity (Wildman–Crippen MR) is 79.1 cm³/mol. The van der Waals surface area contributed by atoms with E-state index in [2.05, 4.69) is 0 Å². The van der Waals surface area contributed by atoms with E-state index < -0.39 is 0 Å². The zero-order valence-corrected chi connectivity index (χ0v) is 12.4. The van der Waals surface area contributed by atoms with Crippen molar-refractivity contribution < 1.29 is 15.0 Å². The number of benzene rings is 2. The molecule has 0 fully saturated rings. The van der Waals surface area contributed by atoms with Crippen LogP contribution in [0.25, 0.3) is 0 Å². The molecule has 2 aromatic carbocycles. The average Bonchev–Trinajstić information content (AvgIpc) is 2.25. The molecule has 3 nitrogen and oxygen atoms in total. The van der Waals surface area contributed by atoms with Gasteiger partial charge in [0.2, 0.25) is 0 Å². The van der Waals surface area contributed by atoms with Gasteiger partial charge < -0.3 is 10.2 Å². The number of rotatable bonds is 2. The molecule has 0 spiro atoms. The van der Waals surface area contributed by atoms with Crippen LogP contribution in [0.3, 0.4) is 0 Å². The highest BCUT2D eigenvalue weighted by molar-refractivity contribution is 6.38. The van der Waals surface area contributed by atoms with Crippen LogP contribution in [0.2, 0.25) is 10.0 Å². The molecule has 0 bridgehead atoms. The SMILES string of the molecule is Cc1cc(O)cc(Cl)c1C(=O)c1c(C)cc(O)cc1Cl. The van der Waals surface area contributed by atoms with Gasteiger partial charge in [-0.3, -0.25) is 4.79 Å². The van der Waals surface area contributed by atoms with Crippen LogP contribution in [0, 0.1) is 13.8 Å². The van der Waals surface area contributed by atoms with Gasteiger partial charge in [-0.25, -0.2) is 0 Å². The first-order valence-corrected chi connectivity index (χ1v) is 6.59. The van der Waals surface area contributed by atoms with Crippen LogP contribution in [0.15, 0.2) is 24.3 Å². The summed E-state index contributed by atoms with van der Waals surface area (Å²) in [6.07, 6.45) is 0. The van der Waals surface area contributed by atoms with E-state index in [1.54, 1.807) is 13.8 Å². The van der Waals surface area contributed by atoms with Gasteiger partial charge in [-0.1, -0.05) is 23.2 Å². The number of carbonyl (C=O) groups is 1. The van der Waals surface area contributed by atoms with Crippen molar-refractivity contribution in [1.82, 2.24) is 0 Å². The molecule has 0 atom stereocenters. The van der Waals surface area contributed by atoms with E-state index in [0.29, 0.717) is 22.3 Å². The fraction of sp³-hybridized carbons (Fsp3) is 0.133. The number of carbonyl (C=O) groups excluding carboxylic acids is 1. The molecular weight excluding hydrogens is 299 g/mol. The standard InChI is InChI=1S/C15H12Cl2O3/c1-7-3-9(18)5-11(16)13(7)15(20)14-8(2)4-10(19)6-12(14)17/h3-6,18-19H,1-2H3. The van der Waals surface area contributed by atoms with Gasteiger partial charge in [0.15, 0.2) is 5.78 Å². The quantitative estimate of drug-likeness (QED) is 0.815. The Morgan fingerprint density at radius 3 is 1.50 bits per heavy atom. The van der Waals surface area contributed by atoms with E-state index in [1.807, 2.05) is 0 Å². The molecule has 0 aliphatic carbocycles. The van der Waals surface area contributed by atoms with Crippen molar-refractivity contribution in [3.8, 4) is 11.5 Å². The van der Waals surface area contributed by atoms with Crippen molar-refractivity contribution in [3.05, 3.63) is 56.6 Å². The molecule has 20 heavy (non-hydrogen) atoms. The number of hydrogen-bond acceptors (Lipinski definition) is 3. The predicted octanol–water partition coefficient (Wildman–Crippen LogP) is 4.25. The molecule has 5 heteroatoms. The molecule has 2 aromatic rings. The van der Waals surface area contributed by atoms with Gasteiger partial charge >= 0.3 is 0 Å². The Labute approximate surface area is 126 Å². The van der Waals surface area contributed by atoms with Crippen molar-refractivity contribution in [2.75, 3.05) is 0 Å². The summed E-state index contributed by atoms with van der Waals surface area (Å²) in [5, 5.41) is 19.2. The lowest BCUT2D eigenvalue weighted by atomic mass is 9.95. The number of halogens is 2. The lowest BCUT2D eigenvalue weighted by Gasteiger charge is -2.12. The summed E-state index contributed by atoms with van der Waals surface area (Å²) in [5.74, 6) is -0.342. The summed E-state index contributed by atoms with van der Waals surface area (Å²) >= 11 is 12.1. The Morgan fingerprint density at radius 1 is 0.850 bits per heavy atom. The van der Waals surface area contributed by atoms with Gasteiger partial charge in [0.05, 0.1) is 10.0 Å². The number of phenols is 2. The van der Waals surface area contributed by atoms with Crippen LogP contribution in [-0.2, 0) is 0 Å². The van der Waals surface area contributed by atoms with E-state index in [9.17, 15) is 15.0 Å². The highest BCUT2D eigenvalue weighted by Gasteiger charge is 2.21. The summed E-state index contributed by atoms with van der Waals surface area (Å²) in [6, 6.07) is 5.54. The monoisotopic (exact) mass is 310 g/mol. The van der Waals surface area contributed by atoms with Gasteiger partial charge in [0.25, 0.3) is 0 Å². The number of hydrogen-bond donors (Lipinski definition) is 2. The number of aryl methyl sites for hydroxylation is 2. The molecule has 104 valence electrons. The lowest BCUT2D eigenvalue weighted by molar-refractivity contribution is 0.103. The molecular formula is C15H12Cl2O3. The molecule has 0 unspecified atom stereocenters. The van der Waals surface area contributed by atoms with E-state index in [4.69, 9.17) is 23.2 Å². The van der Waals surface area contributed by atoms with Crippen molar-refractivity contribution in [2.45, 2.75) is 13.8 Å².